The van der Waals surface area contributed by atoms with Crippen LogP contribution < -0.4 is 11.1 Å². The standard InChI is InChI=1S/C18H19N7O4S2/c1-8-13(31-18-21-22-23-24(18)2)12(17(28)29)25-15(27)11(16(25)30-8)20-14(26)10(19)9-6-4-3-5-7-9/h3-8,10-11,16H,19H2,1-2H3,(H,20,26)(H,28,29)/t8?,10-,11?,16-/m1/s1. The van der Waals surface area contributed by atoms with E-state index in [1.54, 1.807) is 31.3 Å². The van der Waals surface area contributed by atoms with Gasteiger partial charge in [-0.1, -0.05) is 30.3 Å². The molecule has 2 aliphatic heterocycles. The van der Waals surface area contributed by atoms with E-state index in [4.69, 9.17) is 5.73 Å². The van der Waals surface area contributed by atoms with Crippen molar-refractivity contribution in [1.29, 1.82) is 0 Å². The molecule has 0 radical (unpaired) electrons. The molecule has 4 rings (SSSR count). The molecule has 2 aliphatic rings. The fourth-order valence-corrected chi connectivity index (χ4v) is 5.88. The Morgan fingerprint density at radius 2 is 2.03 bits per heavy atom. The smallest absolute Gasteiger partial charge is 0.353 e. The van der Waals surface area contributed by atoms with Crippen molar-refractivity contribution >= 4 is 41.3 Å². The normalized spacial score (nSPS) is 23.8. The maximum Gasteiger partial charge on any atom is 0.353 e. The number of nitrogens with two attached hydrogens (primary N) is 1. The average molecular weight is 462 g/mol. The highest BCUT2D eigenvalue weighted by molar-refractivity contribution is 8.06. The van der Waals surface area contributed by atoms with Gasteiger partial charge in [0.05, 0.1) is 0 Å². The van der Waals surface area contributed by atoms with E-state index >= 15 is 0 Å². The van der Waals surface area contributed by atoms with E-state index in [1.807, 2.05) is 13.0 Å². The summed E-state index contributed by atoms with van der Waals surface area (Å²) in [5.41, 5.74) is 6.52. The van der Waals surface area contributed by atoms with Gasteiger partial charge < -0.3 is 16.2 Å². The zero-order valence-corrected chi connectivity index (χ0v) is 18.1. The minimum Gasteiger partial charge on any atom is -0.477 e. The van der Waals surface area contributed by atoms with Gasteiger partial charge in [0, 0.05) is 17.2 Å². The van der Waals surface area contributed by atoms with Crippen LogP contribution in [0, 0.1) is 0 Å². The molecule has 11 nitrogen and oxygen atoms in total. The van der Waals surface area contributed by atoms with Crippen LogP contribution in [0.15, 0.2) is 46.1 Å². The van der Waals surface area contributed by atoms with E-state index in [0.717, 1.165) is 11.8 Å². The Bertz CT molecular complexity index is 1070. The number of hydrogen-bond donors (Lipinski definition) is 3. The number of carbonyl (C=O) groups is 3. The maximum atomic E-state index is 12.8. The first kappa shape index (κ1) is 21.3. The quantitative estimate of drug-likeness (QED) is 0.504. The number of benzene rings is 1. The SMILES string of the molecule is CC1S[C@@H]2C(NC(=O)[C@H](N)c3ccccc3)C(=O)N2C(C(=O)O)=C1Sc1nnnn1C. The van der Waals surface area contributed by atoms with Crippen molar-refractivity contribution < 1.29 is 19.5 Å². The van der Waals surface area contributed by atoms with E-state index in [-0.39, 0.29) is 10.9 Å². The summed E-state index contributed by atoms with van der Waals surface area (Å²) in [5.74, 6) is -2.22. The first-order chi connectivity index (χ1) is 14.8. The second-order valence-corrected chi connectivity index (χ2v) is 9.43. The van der Waals surface area contributed by atoms with Gasteiger partial charge in [0.25, 0.3) is 5.91 Å². The Morgan fingerprint density at radius 3 is 2.65 bits per heavy atom. The van der Waals surface area contributed by atoms with Crippen LogP contribution in [0.2, 0.25) is 0 Å². The Labute approximate surface area is 185 Å². The molecule has 0 bridgehead atoms. The van der Waals surface area contributed by atoms with Gasteiger partial charge in [-0.3, -0.25) is 14.5 Å². The molecule has 4 atom stereocenters. The summed E-state index contributed by atoms with van der Waals surface area (Å²) in [7, 11) is 1.64. The number of fused-ring (bicyclic) bond motifs is 1. The first-order valence-corrected chi connectivity index (χ1v) is 11.0. The monoisotopic (exact) mass is 461 g/mol. The number of amides is 2. The summed E-state index contributed by atoms with van der Waals surface area (Å²) < 4.78 is 1.42. The molecule has 2 unspecified atom stereocenters. The molecule has 4 N–H and O–H groups in total. The van der Waals surface area contributed by atoms with Crippen LogP contribution in [0.4, 0.5) is 0 Å². The highest BCUT2D eigenvalue weighted by atomic mass is 32.2. The number of carboxylic acid groups (broad SMARTS) is 1. The van der Waals surface area contributed by atoms with Crippen LogP contribution in [-0.2, 0) is 21.4 Å². The van der Waals surface area contributed by atoms with E-state index in [0.29, 0.717) is 15.6 Å². The maximum absolute atomic E-state index is 12.8. The molecule has 162 valence electrons. The van der Waals surface area contributed by atoms with Gasteiger partial charge in [-0.15, -0.1) is 16.9 Å². The number of hydrogen-bond acceptors (Lipinski definition) is 9. The average Bonchev–Trinajstić information content (AvgIpc) is 3.17. The van der Waals surface area contributed by atoms with Crippen molar-refractivity contribution in [3.8, 4) is 0 Å². The number of tetrazole rings is 1. The largest absolute Gasteiger partial charge is 0.477 e. The van der Waals surface area contributed by atoms with Crippen molar-refractivity contribution in [2.75, 3.05) is 0 Å². The molecule has 2 amide bonds. The fraction of sp³-hybridized carbons (Fsp3) is 0.333. The van der Waals surface area contributed by atoms with Gasteiger partial charge in [0.1, 0.15) is 23.2 Å². The van der Waals surface area contributed by atoms with Crippen molar-refractivity contribution in [3.05, 3.63) is 46.5 Å². The van der Waals surface area contributed by atoms with Crippen LogP contribution in [0.1, 0.15) is 18.5 Å². The van der Waals surface area contributed by atoms with Gasteiger partial charge in [0.2, 0.25) is 11.1 Å². The first-order valence-electron chi connectivity index (χ1n) is 9.26. The van der Waals surface area contributed by atoms with E-state index in [1.165, 1.54) is 21.3 Å². The molecule has 1 aromatic heterocycles. The molecule has 13 heteroatoms. The number of thioether (sulfide) groups is 2. The minimum atomic E-state index is -1.23. The Kier molecular flexibility index (Phi) is 5.73. The van der Waals surface area contributed by atoms with Crippen LogP contribution in [-0.4, -0.2) is 64.7 Å². The summed E-state index contributed by atoms with van der Waals surface area (Å²) in [6.07, 6.45) is 0. The third-order valence-electron chi connectivity index (χ3n) is 4.95. The van der Waals surface area contributed by atoms with Gasteiger partial charge in [-0.2, -0.15) is 0 Å². The van der Waals surface area contributed by atoms with E-state index < -0.39 is 35.2 Å². The topological polar surface area (TPSA) is 156 Å². The molecule has 0 saturated carbocycles. The Morgan fingerprint density at radius 1 is 1.32 bits per heavy atom. The van der Waals surface area contributed by atoms with Crippen molar-refractivity contribution in [3.63, 3.8) is 0 Å². The Balaban J connectivity index is 1.55. The van der Waals surface area contributed by atoms with Crippen LogP contribution in [0.5, 0.6) is 0 Å². The molecule has 3 heterocycles. The van der Waals surface area contributed by atoms with Gasteiger partial charge in [-0.05, 0) is 34.7 Å². The van der Waals surface area contributed by atoms with Gasteiger partial charge in [-0.25, -0.2) is 9.48 Å². The molecular formula is C18H19N7O4S2. The molecule has 31 heavy (non-hydrogen) atoms. The lowest BCUT2D eigenvalue weighted by molar-refractivity contribution is -0.150. The predicted octanol–water partition coefficient (Wildman–Crippen LogP) is 0.0868. The fourth-order valence-electron chi connectivity index (χ4n) is 3.36. The molecule has 2 aromatic rings. The number of rotatable bonds is 6. The molecular weight excluding hydrogens is 442 g/mol. The molecule has 0 spiro atoms. The number of β-lactam (4-membered cyclic amide) rings is 1. The van der Waals surface area contributed by atoms with Crippen LogP contribution in [0.3, 0.4) is 0 Å². The van der Waals surface area contributed by atoms with Gasteiger partial charge >= 0.3 is 5.97 Å². The number of aliphatic carboxylic acids is 1. The molecule has 1 fully saturated rings. The van der Waals surface area contributed by atoms with Crippen molar-refractivity contribution in [2.45, 2.75) is 34.8 Å². The highest BCUT2D eigenvalue weighted by Crippen LogP contribution is 2.48. The summed E-state index contributed by atoms with van der Waals surface area (Å²) in [6, 6.07) is 7.03. The summed E-state index contributed by atoms with van der Waals surface area (Å²) >= 11 is 2.49. The zero-order valence-electron chi connectivity index (χ0n) is 16.5. The third kappa shape index (κ3) is 3.79. The number of aromatic nitrogens is 4. The lowest BCUT2D eigenvalue weighted by atomic mass is 10.0. The van der Waals surface area contributed by atoms with E-state index in [2.05, 4.69) is 20.8 Å². The Hall–Kier alpha value is -2.90. The third-order valence-corrected chi connectivity index (χ3v) is 7.80. The van der Waals surface area contributed by atoms with Crippen molar-refractivity contribution in [2.24, 2.45) is 12.8 Å². The molecule has 1 saturated heterocycles. The van der Waals surface area contributed by atoms with Crippen LogP contribution >= 0.6 is 23.5 Å². The predicted molar refractivity (Wildman–Crippen MR) is 112 cm³/mol. The zero-order chi connectivity index (χ0) is 22.3. The number of aryl methyl sites for hydroxylation is 1. The summed E-state index contributed by atoms with van der Waals surface area (Å²) in [4.78, 5) is 39.1. The minimum absolute atomic E-state index is 0.118. The van der Waals surface area contributed by atoms with Gasteiger partial charge in [0.15, 0.2) is 0 Å². The lowest BCUT2D eigenvalue weighted by Gasteiger charge is -2.50. The number of nitrogens with zero attached hydrogens (tertiary/aromatic N) is 5. The lowest BCUT2D eigenvalue weighted by Crippen LogP contribution is -2.71. The summed E-state index contributed by atoms with van der Waals surface area (Å²) in [5, 5.41) is 23.3. The van der Waals surface area contributed by atoms with Crippen LogP contribution in [0.25, 0.3) is 0 Å². The molecule has 0 aliphatic carbocycles. The second kappa shape index (κ2) is 8.32. The number of nitrogens with one attached hydrogen (secondary N) is 1. The second-order valence-electron chi connectivity index (χ2n) is 6.96. The number of carboxylic acids is 1. The van der Waals surface area contributed by atoms with E-state index in [9.17, 15) is 19.5 Å². The molecule has 1 aromatic carbocycles. The highest BCUT2D eigenvalue weighted by Gasteiger charge is 2.56. The van der Waals surface area contributed by atoms with Crippen molar-refractivity contribution in [1.82, 2.24) is 30.4 Å². The summed E-state index contributed by atoms with van der Waals surface area (Å²) in [6.45, 7) is 1.84. The number of carbonyl (C=O) groups excluding carboxylic acids is 2.